The van der Waals surface area contributed by atoms with Gasteiger partial charge in [-0.3, -0.25) is 0 Å². The zero-order valence-corrected chi connectivity index (χ0v) is 15.5. The molecule has 1 atom stereocenters. The van der Waals surface area contributed by atoms with E-state index in [-0.39, 0.29) is 0 Å². The van der Waals surface area contributed by atoms with Crippen LogP contribution in [-0.4, -0.2) is 56.4 Å². The molecular weight excluding hydrogens is 312 g/mol. The van der Waals surface area contributed by atoms with Gasteiger partial charge in [-0.1, -0.05) is 19.9 Å². The van der Waals surface area contributed by atoms with Crippen molar-refractivity contribution in [1.29, 1.82) is 0 Å². The molecule has 1 saturated heterocycles. The highest BCUT2D eigenvalue weighted by atomic mass is 32.2. The normalized spacial score (nSPS) is 19.6. The second kappa shape index (κ2) is 11.0. The van der Waals surface area contributed by atoms with Crippen molar-refractivity contribution in [3.63, 3.8) is 0 Å². The average Bonchev–Trinajstić information content (AvgIpc) is 2.77. The van der Waals surface area contributed by atoms with Crippen molar-refractivity contribution in [2.45, 2.75) is 58.0 Å². The van der Waals surface area contributed by atoms with Crippen LogP contribution >= 0.6 is 0 Å². The van der Waals surface area contributed by atoms with Crippen LogP contribution in [0.3, 0.4) is 0 Å². The average molecular weight is 345 g/mol. The Morgan fingerprint density at radius 3 is 2.65 bits per heavy atom. The van der Waals surface area contributed by atoms with Gasteiger partial charge in [0.05, 0.1) is 6.10 Å². The molecule has 0 aromatic rings. The summed E-state index contributed by atoms with van der Waals surface area (Å²) in [6.07, 6.45) is 9.43. The maximum absolute atomic E-state index is 11.9. The van der Waals surface area contributed by atoms with Crippen molar-refractivity contribution in [2.75, 3.05) is 33.3 Å². The first-order valence-corrected chi connectivity index (χ1v) is 10.1. The Hall–Kier alpha value is -0.650. The first kappa shape index (κ1) is 20.4. The van der Waals surface area contributed by atoms with E-state index in [0.29, 0.717) is 32.3 Å². The summed E-state index contributed by atoms with van der Waals surface area (Å²) in [5.74, 6) is 0. The van der Waals surface area contributed by atoms with Crippen molar-refractivity contribution in [2.24, 2.45) is 0 Å². The molecular formula is C17H32N2O3S. The van der Waals surface area contributed by atoms with E-state index >= 15 is 0 Å². The Morgan fingerprint density at radius 1 is 1.26 bits per heavy atom. The Kier molecular flexibility index (Phi) is 9.75. The molecule has 1 unspecified atom stereocenters. The van der Waals surface area contributed by atoms with E-state index in [2.05, 4.69) is 19.2 Å². The lowest BCUT2D eigenvalue weighted by Gasteiger charge is -2.18. The third-order valence-corrected chi connectivity index (χ3v) is 6.16. The van der Waals surface area contributed by atoms with Crippen molar-refractivity contribution in [3.8, 4) is 0 Å². The highest BCUT2D eigenvalue weighted by Crippen LogP contribution is 2.15. The van der Waals surface area contributed by atoms with Crippen LogP contribution in [0.5, 0.6) is 0 Å². The highest BCUT2D eigenvalue weighted by molar-refractivity contribution is 7.87. The Morgan fingerprint density at radius 2 is 2.04 bits per heavy atom. The van der Waals surface area contributed by atoms with E-state index in [4.69, 9.17) is 4.74 Å². The third kappa shape index (κ3) is 7.19. The molecule has 5 nitrogen and oxygen atoms in total. The molecule has 1 aliphatic heterocycles. The third-order valence-electron chi connectivity index (χ3n) is 4.17. The van der Waals surface area contributed by atoms with Crippen LogP contribution in [0.25, 0.3) is 0 Å². The summed E-state index contributed by atoms with van der Waals surface area (Å²) in [6, 6.07) is 0. The van der Waals surface area contributed by atoms with E-state index in [1.54, 1.807) is 11.4 Å². The molecule has 1 fully saturated rings. The Labute approximate surface area is 142 Å². The van der Waals surface area contributed by atoms with Gasteiger partial charge in [-0.25, -0.2) is 0 Å². The van der Waals surface area contributed by atoms with E-state index in [1.807, 2.05) is 6.08 Å². The minimum absolute atomic E-state index is 0.319. The highest BCUT2D eigenvalue weighted by Gasteiger charge is 2.32. The fraction of sp³-hybridized carbons (Fsp3) is 0.824. The van der Waals surface area contributed by atoms with Crippen LogP contribution in [0.2, 0.25) is 0 Å². The zero-order chi connectivity index (χ0) is 17.1. The van der Waals surface area contributed by atoms with Gasteiger partial charge in [-0.2, -0.15) is 17.0 Å². The van der Waals surface area contributed by atoms with E-state index in [1.165, 1.54) is 4.31 Å². The number of allylic oxidation sites excluding steroid dienone is 1. The quantitative estimate of drug-likeness (QED) is 0.404. The summed E-state index contributed by atoms with van der Waals surface area (Å²) in [4.78, 5) is 0. The molecule has 0 spiro atoms. The minimum Gasteiger partial charge on any atom is -0.378 e. The van der Waals surface area contributed by atoms with Crippen molar-refractivity contribution < 1.29 is 13.2 Å². The number of nitrogens with zero attached hydrogens (tertiary/aromatic N) is 2. The van der Waals surface area contributed by atoms with Gasteiger partial charge in [0, 0.05) is 33.3 Å². The number of ether oxygens (including phenoxy) is 1. The van der Waals surface area contributed by atoms with Crippen LogP contribution in [0.15, 0.2) is 18.4 Å². The lowest BCUT2D eigenvalue weighted by molar-refractivity contribution is 0.0374. The summed E-state index contributed by atoms with van der Waals surface area (Å²) in [7, 11) is -1.55. The Bertz CT molecular complexity index is 472. The monoisotopic (exact) mass is 344 g/mol. The van der Waals surface area contributed by atoms with Gasteiger partial charge >= 0.3 is 0 Å². The Balaban J connectivity index is 2.17. The molecule has 0 N–H and O–H groups in total. The SMILES string of the molecule is C=C=CCCCC(CCC)OCCCCN1CCN(C)S1(=O)=O. The summed E-state index contributed by atoms with van der Waals surface area (Å²) < 4.78 is 32.8. The second-order valence-corrected chi connectivity index (χ2v) is 8.09. The van der Waals surface area contributed by atoms with Gasteiger partial charge in [0.25, 0.3) is 10.2 Å². The van der Waals surface area contributed by atoms with Crippen LogP contribution in [-0.2, 0) is 14.9 Å². The first-order valence-electron chi connectivity index (χ1n) is 8.69. The van der Waals surface area contributed by atoms with E-state index < -0.39 is 10.2 Å². The molecule has 1 aliphatic rings. The molecule has 0 aromatic heterocycles. The van der Waals surface area contributed by atoms with Crippen molar-refractivity contribution >= 4 is 10.2 Å². The number of hydrogen-bond donors (Lipinski definition) is 0. The first-order chi connectivity index (χ1) is 11.0. The van der Waals surface area contributed by atoms with E-state index in [9.17, 15) is 8.42 Å². The molecule has 0 amide bonds. The van der Waals surface area contributed by atoms with Crippen LogP contribution < -0.4 is 0 Å². The second-order valence-electron chi connectivity index (χ2n) is 6.06. The molecule has 0 aromatic carbocycles. The van der Waals surface area contributed by atoms with Crippen molar-refractivity contribution in [1.82, 2.24) is 8.61 Å². The molecule has 0 bridgehead atoms. The predicted molar refractivity (Wildman–Crippen MR) is 94.6 cm³/mol. The number of likely N-dealkylation sites (N-methyl/N-ethyl adjacent to an activating group) is 1. The molecule has 0 radical (unpaired) electrons. The van der Waals surface area contributed by atoms with E-state index in [0.717, 1.165) is 44.9 Å². The summed E-state index contributed by atoms with van der Waals surface area (Å²) >= 11 is 0. The largest absolute Gasteiger partial charge is 0.378 e. The van der Waals surface area contributed by atoms with Crippen LogP contribution in [0.4, 0.5) is 0 Å². The lowest BCUT2D eigenvalue weighted by Crippen LogP contribution is -2.31. The van der Waals surface area contributed by atoms with Crippen LogP contribution in [0, 0.1) is 0 Å². The lowest BCUT2D eigenvalue weighted by atomic mass is 10.1. The maximum Gasteiger partial charge on any atom is 0.281 e. The van der Waals surface area contributed by atoms with Gasteiger partial charge in [0.2, 0.25) is 0 Å². The van der Waals surface area contributed by atoms with Crippen molar-refractivity contribution in [3.05, 3.63) is 18.4 Å². The molecule has 6 heteroatoms. The number of unbranched alkanes of at least 4 members (excludes halogenated alkanes) is 2. The smallest absolute Gasteiger partial charge is 0.281 e. The topological polar surface area (TPSA) is 49.9 Å². The molecule has 0 saturated carbocycles. The van der Waals surface area contributed by atoms with Gasteiger partial charge in [0.15, 0.2) is 0 Å². The fourth-order valence-electron chi connectivity index (χ4n) is 2.73. The number of rotatable bonds is 12. The molecule has 134 valence electrons. The predicted octanol–water partition coefficient (Wildman–Crippen LogP) is 2.96. The van der Waals surface area contributed by atoms with Crippen LogP contribution in [0.1, 0.15) is 51.9 Å². The van der Waals surface area contributed by atoms with Gasteiger partial charge < -0.3 is 4.74 Å². The molecule has 0 aliphatic carbocycles. The molecule has 1 rings (SSSR count). The van der Waals surface area contributed by atoms with Gasteiger partial charge in [0.1, 0.15) is 0 Å². The van der Waals surface area contributed by atoms with Gasteiger partial charge in [-0.15, -0.1) is 5.73 Å². The molecule has 1 heterocycles. The maximum atomic E-state index is 11.9. The standard InChI is InChI=1S/C17H32N2O3S/c1-4-6-7-8-12-17(11-5-2)22-16-10-9-13-19-15-14-18(3)23(19,20)21/h6,17H,1,5,7-16H2,2-3H3. The zero-order valence-electron chi connectivity index (χ0n) is 14.7. The summed E-state index contributed by atoms with van der Waals surface area (Å²) in [6.45, 7) is 8.25. The molecule has 23 heavy (non-hydrogen) atoms. The summed E-state index contributed by atoms with van der Waals surface area (Å²) in [5, 5.41) is 0. The summed E-state index contributed by atoms with van der Waals surface area (Å²) in [5.41, 5.74) is 2.80. The number of hydrogen-bond acceptors (Lipinski definition) is 3. The fourth-order valence-corrected chi connectivity index (χ4v) is 4.11. The minimum atomic E-state index is -3.18. The van der Waals surface area contributed by atoms with Gasteiger partial charge in [-0.05, 0) is 44.6 Å².